The molecule has 0 bridgehead atoms. The van der Waals surface area contributed by atoms with Gasteiger partial charge in [0.25, 0.3) is 0 Å². The van der Waals surface area contributed by atoms with Gasteiger partial charge in [-0.05, 0) is 23.3 Å². The number of hydrogen-bond donors (Lipinski definition) is 2. The van der Waals surface area contributed by atoms with Crippen molar-refractivity contribution in [1.29, 1.82) is 0 Å². The van der Waals surface area contributed by atoms with E-state index in [0.29, 0.717) is 6.54 Å². The molecule has 0 fully saturated rings. The largest absolute Gasteiger partial charge is 0.394 e. The summed E-state index contributed by atoms with van der Waals surface area (Å²) in [5.74, 6) is 0. The zero-order valence-corrected chi connectivity index (χ0v) is 10.8. The fourth-order valence-electron chi connectivity index (χ4n) is 1.82. The molecule has 0 amide bonds. The molecule has 0 aliphatic rings. The quantitative estimate of drug-likeness (QED) is 0.867. The van der Waals surface area contributed by atoms with E-state index < -0.39 is 0 Å². The van der Waals surface area contributed by atoms with E-state index in [9.17, 15) is 5.11 Å². The van der Waals surface area contributed by atoms with Crippen LogP contribution in [0.2, 0.25) is 5.02 Å². The summed E-state index contributed by atoms with van der Waals surface area (Å²) in [4.78, 5) is 0. The first-order chi connectivity index (χ1) is 8.79. The highest BCUT2D eigenvalue weighted by atomic mass is 35.5. The van der Waals surface area contributed by atoms with Gasteiger partial charge in [-0.25, -0.2) is 0 Å². The molecule has 0 spiro atoms. The van der Waals surface area contributed by atoms with E-state index in [-0.39, 0.29) is 12.6 Å². The van der Waals surface area contributed by atoms with Gasteiger partial charge in [0, 0.05) is 11.6 Å². The van der Waals surface area contributed by atoms with Crippen molar-refractivity contribution < 1.29 is 5.11 Å². The lowest BCUT2D eigenvalue weighted by atomic mass is 10.1. The molecule has 0 radical (unpaired) electrons. The van der Waals surface area contributed by atoms with Crippen LogP contribution in [0.5, 0.6) is 0 Å². The molecule has 0 aliphatic heterocycles. The van der Waals surface area contributed by atoms with Gasteiger partial charge in [0.2, 0.25) is 0 Å². The van der Waals surface area contributed by atoms with Crippen molar-refractivity contribution >= 4 is 11.6 Å². The van der Waals surface area contributed by atoms with Crippen LogP contribution in [-0.2, 0) is 6.54 Å². The summed E-state index contributed by atoms with van der Waals surface area (Å²) in [5, 5.41) is 13.5. The smallest absolute Gasteiger partial charge is 0.0626 e. The topological polar surface area (TPSA) is 32.3 Å². The first kappa shape index (κ1) is 13.1. The van der Waals surface area contributed by atoms with E-state index in [4.69, 9.17) is 11.6 Å². The Bertz CT molecular complexity index is 470. The maximum atomic E-state index is 9.42. The first-order valence-corrected chi connectivity index (χ1v) is 6.31. The lowest BCUT2D eigenvalue weighted by molar-refractivity contribution is 0.243. The third-order valence-electron chi connectivity index (χ3n) is 2.85. The van der Waals surface area contributed by atoms with Gasteiger partial charge in [-0.15, -0.1) is 0 Å². The number of aliphatic hydroxyl groups excluding tert-OH is 1. The van der Waals surface area contributed by atoms with Gasteiger partial charge in [0.15, 0.2) is 0 Å². The molecule has 18 heavy (non-hydrogen) atoms. The van der Waals surface area contributed by atoms with Crippen molar-refractivity contribution in [3.8, 4) is 0 Å². The standard InChI is InChI=1S/C15H16ClNO/c16-14-8-6-12(7-9-14)10-17-15(11-18)13-4-2-1-3-5-13/h1-9,15,17-18H,10-11H2. The molecule has 94 valence electrons. The lowest BCUT2D eigenvalue weighted by Gasteiger charge is -2.16. The number of halogens is 1. The van der Waals surface area contributed by atoms with Crippen molar-refractivity contribution in [2.75, 3.05) is 6.61 Å². The SMILES string of the molecule is OCC(NCc1ccc(Cl)cc1)c1ccccc1. The molecule has 0 aliphatic carbocycles. The molecule has 2 N–H and O–H groups in total. The molecule has 1 atom stereocenters. The second-order valence-corrected chi connectivity index (χ2v) is 4.59. The van der Waals surface area contributed by atoms with Gasteiger partial charge < -0.3 is 10.4 Å². The van der Waals surface area contributed by atoms with Crippen LogP contribution in [0.25, 0.3) is 0 Å². The molecule has 2 nitrogen and oxygen atoms in total. The van der Waals surface area contributed by atoms with Crippen molar-refractivity contribution in [3.63, 3.8) is 0 Å². The Morgan fingerprint density at radius 3 is 2.28 bits per heavy atom. The monoisotopic (exact) mass is 261 g/mol. The highest BCUT2D eigenvalue weighted by Crippen LogP contribution is 2.14. The van der Waals surface area contributed by atoms with E-state index in [1.165, 1.54) is 0 Å². The van der Waals surface area contributed by atoms with Crippen LogP contribution in [0.4, 0.5) is 0 Å². The predicted molar refractivity (Wildman–Crippen MR) is 74.6 cm³/mol. The molecule has 3 heteroatoms. The predicted octanol–water partition coefficient (Wildman–Crippen LogP) is 3.16. The maximum absolute atomic E-state index is 9.42. The van der Waals surface area contributed by atoms with Gasteiger partial charge in [-0.1, -0.05) is 54.1 Å². The minimum absolute atomic E-state index is 0.0399. The van der Waals surface area contributed by atoms with E-state index in [0.717, 1.165) is 16.1 Å². The van der Waals surface area contributed by atoms with Crippen molar-refractivity contribution in [1.82, 2.24) is 5.32 Å². The summed E-state index contributed by atoms with van der Waals surface area (Å²) in [6.07, 6.45) is 0. The van der Waals surface area contributed by atoms with Gasteiger partial charge in [-0.3, -0.25) is 0 Å². The normalized spacial score (nSPS) is 12.3. The lowest BCUT2D eigenvalue weighted by Crippen LogP contribution is -2.23. The minimum Gasteiger partial charge on any atom is -0.394 e. The Morgan fingerprint density at radius 2 is 1.67 bits per heavy atom. The van der Waals surface area contributed by atoms with Crippen LogP contribution in [0.15, 0.2) is 54.6 Å². The summed E-state index contributed by atoms with van der Waals surface area (Å²) in [6.45, 7) is 0.787. The first-order valence-electron chi connectivity index (χ1n) is 5.93. The van der Waals surface area contributed by atoms with Crippen LogP contribution in [0, 0.1) is 0 Å². The van der Waals surface area contributed by atoms with Crippen LogP contribution in [-0.4, -0.2) is 11.7 Å². The van der Waals surface area contributed by atoms with Crippen molar-refractivity contribution in [3.05, 3.63) is 70.7 Å². The van der Waals surface area contributed by atoms with Crippen molar-refractivity contribution in [2.24, 2.45) is 0 Å². The van der Waals surface area contributed by atoms with E-state index in [1.54, 1.807) is 0 Å². The molecule has 0 saturated heterocycles. The molecule has 0 aromatic heterocycles. The average molecular weight is 262 g/mol. The zero-order valence-electron chi connectivity index (χ0n) is 10.0. The maximum Gasteiger partial charge on any atom is 0.0626 e. The second-order valence-electron chi connectivity index (χ2n) is 4.15. The molecule has 2 aromatic carbocycles. The number of nitrogens with one attached hydrogen (secondary N) is 1. The Labute approximate surface area is 112 Å². The third kappa shape index (κ3) is 3.57. The van der Waals surface area contributed by atoms with Gasteiger partial charge in [0.1, 0.15) is 0 Å². The number of hydrogen-bond acceptors (Lipinski definition) is 2. The van der Waals surface area contributed by atoms with Crippen molar-refractivity contribution in [2.45, 2.75) is 12.6 Å². The van der Waals surface area contributed by atoms with E-state index >= 15 is 0 Å². The van der Waals surface area contributed by atoms with Crippen LogP contribution < -0.4 is 5.32 Å². The average Bonchev–Trinajstić information content (AvgIpc) is 2.43. The number of benzene rings is 2. The van der Waals surface area contributed by atoms with Crippen LogP contribution in [0.3, 0.4) is 0 Å². The Kier molecular flexibility index (Phi) is 4.76. The summed E-state index contributed by atoms with van der Waals surface area (Å²) >= 11 is 5.84. The Balaban J connectivity index is 1.97. The molecule has 1 unspecified atom stereocenters. The van der Waals surface area contributed by atoms with Gasteiger partial charge in [0.05, 0.1) is 12.6 Å². The fraction of sp³-hybridized carbons (Fsp3) is 0.200. The van der Waals surface area contributed by atoms with Gasteiger partial charge in [-0.2, -0.15) is 0 Å². The highest BCUT2D eigenvalue weighted by Gasteiger charge is 2.08. The van der Waals surface area contributed by atoms with Gasteiger partial charge >= 0.3 is 0 Å². The summed E-state index contributed by atoms with van der Waals surface area (Å²) in [6, 6.07) is 17.6. The summed E-state index contributed by atoms with van der Waals surface area (Å²) < 4.78 is 0. The molecule has 0 saturated carbocycles. The van der Waals surface area contributed by atoms with Crippen LogP contribution >= 0.6 is 11.6 Å². The fourth-order valence-corrected chi connectivity index (χ4v) is 1.94. The van der Waals surface area contributed by atoms with E-state index in [2.05, 4.69) is 5.32 Å². The third-order valence-corrected chi connectivity index (χ3v) is 3.10. The highest BCUT2D eigenvalue weighted by molar-refractivity contribution is 6.30. The molecule has 0 heterocycles. The van der Waals surface area contributed by atoms with E-state index in [1.807, 2.05) is 54.6 Å². The molecular formula is C15H16ClNO. The number of rotatable bonds is 5. The Hall–Kier alpha value is -1.35. The number of aliphatic hydroxyl groups is 1. The minimum atomic E-state index is -0.0399. The zero-order chi connectivity index (χ0) is 12.8. The molecule has 2 rings (SSSR count). The molecular weight excluding hydrogens is 246 g/mol. The molecule has 2 aromatic rings. The Morgan fingerprint density at radius 1 is 1.00 bits per heavy atom. The second kappa shape index (κ2) is 6.55. The summed E-state index contributed by atoms with van der Waals surface area (Å²) in [7, 11) is 0. The summed E-state index contributed by atoms with van der Waals surface area (Å²) in [5.41, 5.74) is 2.24. The van der Waals surface area contributed by atoms with Crippen LogP contribution in [0.1, 0.15) is 17.2 Å².